The normalized spacial score (nSPS) is 31.6. The van der Waals surface area contributed by atoms with E-state index in [0.717, 1.165) is 19.5 Å². The van der Waals surface area contributed by atoms with Gasteiger partial charge in [0.25, 0.3) is 0 Å². The summed E-state index contributed by atoms with van der Waals surface area (Å²) in [5.41, 5.74) is 7.50. The van der Waals surface area contributed by atoms with Crippen molar-refractivity contribution >= 4 is 0 Å². The van der Waals surface area contributed by atoms with Crippen LogP contribution in [0, 0.1) is 5.92 Å². The fraction of sp³-hybridized carbons (Fsp3) is 0.571. The SMILES string of the molecule is C[C@@H]1[C@@H](N)CCN(Cc2ccccc2)[C@H]1C. The molecule has 0 radical (unpaired) electrons. The molecule has 0 aliphatic carbocycles. The Kier molecular flexibility index (Phi) is 3.62. The average Bonchev–Trinajstić information content (AvgIpc) is 2.31. The van der Waals surface area contributed by atoms with Crippen LogP contribution in [0.2, 0.25) is 0 Å². The number of rotatable bonds is 2. The van der Waals surface area contributed by atoms with Crippen LogP contribution in [0.5, 0.6) is 0 Å². The highest BCUT2D eigenvalue weighted by atomic mass is 15.2. The van der Waals surface area contributed by atoms with Crippen molar-refractivity contribution in [1.82, 2.24) is 4.90 Å². The van der Waals surface area contributed by atoms with E-state index in [4.69, 9.17) is 5.73 Å². The molecule has 1 fully saturated rings. The Morgan fingerprint density at radius 2 is 1.94 bits per heavy atom. The standard InChI is InChI=1S/C14H22N2/c1-11-12(2)16(9-8-14(11)15)10-13-6-4-3-5-7-13/h3-7,11-12,14H,8-10,15H2,1-2H3/t11-,12-,14-/m0/s1. The fourth-order valence-electron chi connectivity index (χ4n) is 2.51. The molecule has 0 saturated carbocycles. The highest BCUT2D eigenvalue weighted by molar-refractivity contribution is 5.14. The molecule has 1 saturated heterocycles. The zero-order chi connectivity index (χ0) is 11.5. The Labute approximate surface area is 98.4 Å². The average molecular weight is 218 g/mol. The van der Waals surface area contributed by atoms with Gasteiger partial charge in [0.2, 0.25) is 0 Å². The lowest BCUT2D eigenvalue weighted by molar-refractivity contribution is 0.0910. The van der Waals surface area contributed by atoms with Crippen LogP contribution in [0.1, 0.15) is 25.8 Å². The summed E-state index contributed by atoms with van der Waals surface area (Å²) in [7, 11) is 0. The van der Waals surface area contributed by atoms with Crippen molar-refractivity contribution < 1.29 is 0 Å². The van der Waals surface area contributed by atoms with Gasteiger partial charge in [-0.15, -0.1) is 0 Å². The summed E-state index contributed by atoms with van der Waals surface area (Å²) in [5.74, 6) is 0.595. The number of hydrogen-bond donors (Lipinski definition) is 1. The molecule has 88 valence electrons. The first-order valence-electron chi connectivity index (χ1n) is 6.22. The second kappa shape index (κ2) is 4.98. The van der Waals surface area contributed by atoms with Crippen LogP contribution in [0.3, 0.4) is 0 Å². The number of piperidine rings is 1. The molecule has 0 unspecified atom stereocenters. The lowest BCUT2D eigenvalue weighted by Crippen LogP contribution is -2.51. The van der Waals surface area contributed by atoms with Crippen molar-refractivity contribution in [2.75, 3.05) is 6.54 Å². The zero-order valence-corrected chi connectivity index (χ0v) is 10.3. The Hall–Kier alpha value is -0.860. The predicted octanol–water partition coefficient (Wildman–Crippen LogP) is 2.24. The van der Waals surface area contributed by atoms with Crippen LogP contribution in [0.4, 0.5) is 0 Å². The van der Waals surface area contributed by atoms with Crippen LogP contribution in [-0.2, 0) is 6.54 Å². The van der Waals surface area contributed by atoms with E-state index in [-0.39, 0.29) is 0 Å². The molecule has 0 amide bonds. The van der Waals surface area contributed by atoms with E-state index >= 15 is 0 Å². The van der Waals surface area contributed by atoms with Crippen molar-refractivity contribution in [2.24, 2.45) is 11.7 Å². The Balaban J connectivity index is 2.00. The molecule has 3 atom stereocenters. The third-order valence-electron chi connectivity index (χ3n) is 3.99. The fourth-order valence-corrected chi connectivity index (χ4v) is 2.51. The quantitative estimate of drug-likeness (QED) is 0.825. The molecule has 1 aliphatic heterocycles. The van der Waals surface area contributed by atoms with E-state index in [9.17, 15) is 0 Å². The summed E-state index contributed by atoms with van der Waals surface area (Å²) in [6.07, 6.45) is 1.12. The smallest absolute Gasteiger partial charge is 0.0236 e. The molecule has 1 aromatic carbocycles. The molecular formula is C14H22N2. The summed E-state index contributed by atoms with van der Waals surface area (Å²) in [4.78, 5) is 2.54. The van der Waals surface area contributed by atoms with Crippen LogP contribution in [-0.4, -0.2) is 23.5 Å². The maximum Gasteiger partial charge on any atom is 0.0236 e. The number of nitrogens with two attached hydrogens (primary N) is 1. The number of hydrogen-bond acceptors (Lipinski definition) is 2. The van der Waals surface area contributed by atoms with Crippen molar-refractivity contribution in [3.05, 3.63) is 35.9 Å². The lowest BCUT2D eigenvalue weighted by Gasteiger charge is -2.41. The molecule has 2 N–H and O–H groups in total. The Morgan fingerprint density at radius 3 is 2.62 bits per heavy atom. The molecule has 0 aromatic heterocycles. The Bertz CT molecular complexity index is 323. The molecule has 1 aromatic rings. The molecule has 0 bridgehead atoms. The molecular weight excluding hydrogens is 196 g/mol. The van der Waals surface area contributed by atoms with Crippen molar-refractivity contribution in [1.29, 1.82) is 0 Å². The summed E-state index contributed by atoms with van der Waals surface area (Å²) < 4.78 is 0. The molecule has 1 aliphatic rings. The van der Waals surface area contributed by atoms with Crippen molar-refractivity contribution in [2.45, 2.75) is 38.9 Å². The third kappa shape index (κ3) is 2.45. The van der Waals surface area contributed by atoms with Gasteiger partial charge in [0.05, 0.1) is 0 Å². The minimum absolute atomic E-state index is 0.377. The first kappa shape index (κ1) is 11.6. The van der Waals surface area contributed by atoms with E-state index in [1.165, 1.54) is 5.56 Å². The van der Waals surface area contributed by atoms with Crippen LogP contribution in [0.15, 0.2) is 30.3 Å². The van der Waals surface area contributed by atoms with Gasteiger partial charge < -0.3 is 5.73 Å². The van der Waals surface area contributed by atoms with E-state index in [0.29, 0.717) is 18.0 Å². The number of benzene rings is 1. The highest BCUT2D eigenvalue weighted by Crippen LogP contribution is 2.23. The maximum absolute atomic E-state index is 6.10. The molecule has 1 heterocycles. The van der Waals surface area contributed by atoms with Gasteiger partial charge in [-0.2, -0.15) is 0 Å². The Morgan fingerprint density at radius 1 is 1.25 bits per heavy atom. The van der Waals surface area contributed by atoms with Gasteiger partial charge in [0.15, 0.2) is 0 Å². The van der Waals surface area contributed by atoms with Gasteiger partial charge in [0, 0.05) is 25.2 Å². The van der Waals surface area contributed by atoms with Gasteiger partial charge in [0.1, 0.15) is 0 Å². The van der Waals surface area contributed by atoms with Gasteiger partial charge in [-0.25, -0.2) is 0 Å². The van der Waals surface area contributed by atoms with Crippen LogP contribution in [0.25, 0.3) is 0 Å². The van der Waals surface area contributed by atoms with E-state index in [2.05, 4.69) is 49.1 Å². The summed E-state index contributed by atoms with van der Waals surface area (Å²) in [6, 6.07) is 11.7. The lowest BCUT2D eigenvalue weighted by atomic mass is 9.87. The van der Waals surface area contributed by atoms with Crippen LogP contribution >= 0.6 is 0 Å². The summed E-state index contributed by atoms with van der Waals surface area (Å²) >= 11 is 0. The first-order chi connectivity index (χ1) is 7.68. The number of likely N-dealkylation sites (tertiary alicyclic amines) is 1. The van der Waals surface area contributed by atoms with Crippen LogP contribution < -0.4 is 5.73 Å². The molecule has 0 spiro atoms. The second-order valence-corrected chi connectivity index (χ2v) is 5.01. The minimum Gasteiger partial charge on any atom is -0.327 e. The second-order valence-electron chi connectivity index (χ2n) is 5.01. The van der Waals surface area contributed by atoms with Crippen molar-refractivity contribution in [3.8, 4) is 0 Å². The first-order valence-corrected chi connectivity index (χ1v) is 6.22. The zero-order valence-electron chi connectivity index (χ0n) is 10.3. The van der Waals surface area contributed by atoms with Gasteiger partial charge >= 0.3 is 0 Å². The van der Waals surface area contributed by atoms with E-state index in [1.54, 1.807) is 0 Å². The molecule has 2 rings (SSSR count). The molecule has 2 heteroatoms. The molecule has 16 heavy (non-hydrogen) atoms. The van der Waals surface area contributed by atoms with Gasteiger partial charge in [-0.05, 0) is 24.8 Å². The summed E-state index contributed by atoms with van der Waals surface area (Å²) in [5, 5.41) is 0. The predicted molar refractivity (Wildman–Crippen MR) is 68.1 cm³/mol. The largest absolute Gasteiger partial charge is 0.327 e. The number of nitrogens with zero attached hydrogens (tertiary/aromatic N) is 1. The minimum atomic E-state index is 0.377. The summed E-state index contributed by atoms with van der Waals surface area (Å²) in [6.45, 7) is 6.75. The van der Waals surface area contributed by atoms with Gasteiger partial charge in [-0.3, -0.25) is 4.90 Å². The van der Waals surface area contributed by atoms with E-state index in [1.807, 2.05) is 0 Å². The monoisotopic (exact) mass is 218 g/mol. The highest BCUT2D eigenvalue weighted by Gasteiger charge is 2.29. The molecule has 2 nitrogen and oxygen atoms in total. The maximum atomic E-state index is 6.10. The third-order valence-corrected chi connectivity index (χ3v) is 3.99. The van der Waals surface area contributed by atoms with Gasteiger partial charge in [-0.1, -0.05) is 37.3 Å². The topological polar surface area (TPSA) is 29.3 Å². The van der Waals surface area contributed by atoms with Crippen molar-refractivity contribution in [3.63, 3.8) is 0 Å². The van der Waals surface area contributed by atoms with E-state index < -0.39 is 0 Å².